The normalized spacial score (nSPS) is 19.9. The maximum atomic E-state index is 13.6. The summed E-state index contributed by atoms with van der Waals surface area (Å²) in [5, 5.41) is 56.6. The molecule has 0 spiro atoms. The summed E-state index contributed by atoms with van der Waals surface area (Å²) < 4.78 is 0. The van der Waals surface area contributed by atoms with Crippen molar-refractivity contribution >= 4 is 98.5 Å². The molecule has 6 atom stereocenters. The summed E-state index contributed by atoms with van der Waals surface area (Å²) in [6.45, 7) is 32.7. The summed E-state index contributed by atoms with van der Waals surface area (Å²) in [6, 6.07) is 3.81. The number of carboxylic acids is 4. The van der Waals surface area contributed by atoms with Gasteiger partial charge in [-0.25, -0.2) is 29.6 Å². The number of hydrogen-bond donors (Lipinski definition) is 9. The van der Waals surface area contributed by atoms with Gasteiger partial charge < -0.3 is 46.1 Å². The number of allylic oxidation sites excluding steroid dienone is 13. The van der Waals surface area contributed by atoms with Crippen LogP contribution in [0.3, 0.4) is 0 Å². The van der Waals surface area contributed by atoms with E-state index in [0.29, 0.717) is 46.5 Å². The van der Waals surface area contributed by atoms with Crippen LogP contribution in [0.5, 0.6) is 0 Å². The molecule has 0 aromatic carbocycles. The standard InChI is InChI=1S/C38H41N5O9.C34H38N4O.2CO2.4H2/c1-7-20-16(3)24-12-26-18(5)22(9-10-32(45)46)35(42-26)23(11-31(44)41-30(37(49)50)15-33(47)48)36-34(38(51)52)19(6)27(43-36)14-29-21(8-2)17(4)25(40-29)13-28(20)39-24;1-9-12-23-18(6)26-13-24-16(4)21(10-2)28(35-24)14-25-17(5)22(11-3)29(36-25)15-27-19(7)31-33(38-27)30(32(23)37-26)20(8)34(31)39;2*2-1-3;;;;/h7,12-14,18,22,30,39-40H,1,8-11,15H2,2-6H3,(H,41,44)(H,45,46)(H,47,48)(H,49,50)(H,51,52);10,13-15,18,20,23,37,39H,2,9,11-12H2,1,3-8H3;;;4*1H/t18?,22-,30-;;;;;;;/m0......./s1. The van der Waals surface area contributed by atoms with E-state index < -0.39 is 60.5 Å². The number of carbonyl (C=O) groups excluding carboxylic acids is 5. The maximum Gasteiger partial charge on any atom is 0.373 e. The average molecular weight is 1330 g/mol. The summed E-state index contributed by atoms with van der Waals surface area (Å²) in [5.41, 5.74) is 23.5. The molecule has 97 heavy (non-hydrogen) atoms. The van der Waals surface area contributed by atoms with Gasteiger partial charge in [-0.1, -0.05) is 73.3 Å². The number of rotatable bonds is 16. The smallest absolute Gasteiger partial charge is 0.373 e. The first-order valence-corrected chi connectivity index (χ1v) is 32.0. The molecule has 1 fully saturated rings. The van der Waals surface area contributed by atoms with E-state index in [0.717, 1.165) is 120 Å². The van der Waals surface area contributed by atoms with Gasteiger partial charge in [-0.05, 0) is 148 Å². The first kappa shape index (κ1) is 71.8. The number of fused-ring (bicyclic) bond motifs is 13. The van der Waals surface area contributed by atoms with Crippen molar-refractivity contribution in [3.63, 3.8) is 0 Å². The lowest BCUT2D eigenvalue weighted by Crippen LogP contribution is -2.43. The predicted octanol–water partition coefficient (Wildman–Crippen LogP) is 13.2. The number of hydrogen-bond acceptors (Lipinski definition) is 16. The Morgan fingerprint density at radius 3 is 1.95 bits per heavy atom. The molecule has 1 saturated heterocycles. The number of aryl methyl sites for hydroxylation is 3. The Kier molecular flexibility index (Phi) is 22.0. The van der Waals surface area contributed by atoms with Gasteiger partial charge in [0.25, 0.3) is 0 Å². The van der Waals surface area contributed by atoms with Crippen LogP contribution >= 0.6 is 0 Å². The molecule has 4 unspecified atom stereocenters. The van der Waals surface area contributed by atoms with Gasteiger partial charge >= 0.3 is 36.2 Å². The van der Waals surface area contributed by atoms with E-state index in [9.17, 15) is 49.5 Å². The molecule has 9 N–H and O–H groups in total. The van der Waals surface area contributed by atoms with Gasteiger partial charge in [0.1, 0.15) is 11.8 Å². The number of amides is 1. The highest BCUT2D eigenvalue weighted by molar-refractivity contribution is 6.25. The minimum atomic E-state index is -1.77. The second kappa shape index (κ2) is 29.7. The summed E-state index contributed by atoms with van der Waals surface area (Å²) in [4.78, 5) is 126. The second-order valence-electron chi connectivity index (χ2n) is 24.8. The molecule has 7 aliphatic heterocycles. The number of aliphatic carboxylic acids is 4. The van der Waals surface area contributed by atoms with Gasteiger partial charge in [-0.3, -0.25) is 19.4 Å². The minimum Gasteiger partial charge on any atom is -0.511 e. The van der Waals surface area contributed by atoms with Gasteiger partial charge in [0.05, 0.1) is 69.7 Å². The minimum absolute atomic E-state index is 0. The second-order valence-corrected chi connectivity index (χ2v) is 24.8. The summed E-state index contributed by atoms with van der Waals surface area (Å²) >= 11 is 0. The van der Waals surface area contributed by atoms with Crippen LogP contribution in [0.2, 0.25) is 0 Å². The number of aliphatic imine (C=N–C) groups is 3. The fraction of sp³-hybridized carbons (Fsp3) is 0.351. The average Bonchev–Trinajstić information content (AvgIpc) is 1.56. The molecule has 8 aliphatic rings. The highest BCUT2D eigenvalue weighted by atomic mass is 16.4. The van der Waals surface area contributed by atoms with E-state index in [1.165, 1.54) is 22.5 Å². The Labute approximate surface area is 565 Å². The van der Waals surface area contributed by atoms with Gasteiger partial charge in [0.15, 0.2) is 0 Å². The number of carboxylic acid groups (broad SMARTS) is 4. The van der Waals surface area contributed by atoms with Crippen LogP contribution in [0, 0.1) is 31.6 Å². The van der Waals surface area contributed by atoms with Gasteiger partial charge in [-0.15, -0.1) is 0 Å². The molecule has 3 aromatic rings. The van der Waals surface area contributed by atoms with Crippen molar-refractivity contribution in [1.29, 1.82) is 0 Å². The summed E-state index contributed by atoms with van der Waals surface area (Å²) in [5.74, 6) is -6.37. The van der Waals surface area contributed by atoms with Crippen LogP contribution < -0.4 is 10.6 Å². The van der Waals surface area contributed by atoms with Crippen molar-refractivity contribution in [1.82, 2.24) is 30.6 Å². The molecule has 512 valence electrons. The van der Waals surface area contributed by atoms with E-state index in [1.54, 1.807) is 19.1 Å². The number of aliphatic hydroxyl groups excluding tert-OH is 1. The van der Waals surface area contributed by atoms with E-state index >= 15 is 0 Å². The lowest BCUT2D eigenvalue weighted by atomic mass is 9.84. The maximum absolute atomic E-state index is 13.6. The SMILES string of the molecule is C=CC1=C(C)C2=NC1=CC1=NC(=CC3=C(C)C4=C(O)C(C)C(=C5NC(=C2)C(C)C5CCC)C4=N3)C(CC)=C1C.C=Cc1c(C)c2cc3nc(c(CC(=O)N[C@@H](CC(=O)O)C(=O)O)c4nc(cc5[nH]c(cc1[nH]2)c(C)c5CC)C(C)=C4C(=O)O)[C@@H](CCC(=O)O)C3C.O=C=O.O=C=O.[HH].[HH].[HH].[HH]. The Balaban J connectivity index is 0.000000394. The molecule has 10 heterocycles. The van der Waals surface area contributed by atoms with Crippen molar-refractivity contribution in [2.45, 2.75) is 152 Å². The third-order valence-corrected chi connectivity index (χ3v) is 19.3. The van der Waals surface area contributed by atoms with Gasteiger partial charge in [-0.2, -0.15) is 19.2 Å². The van der Waals surface area contributed by atoms with Crippen molar-refractivity contribution in [2.75, 3.05) is 0 Å². The van der Waals surface area contributed by atoms with E-state index in [1.807, 2.05) is 45.9 Å². The van der Waals surface area contributed by atoms with Crippen LogP contribution in [-0.4, -0.2) is 111 Å². The first-order valence-electron chi connectivity index (χ1n) is 32.0. The van der Waals surface area contributed by atoms with E-state index in [-0.39, 0.29) is 59.3 Å². The monoisotopic (exact) mass is 1330 g/mol. The molecule has 23 nitrogen and oxygen atoms in total. The number of nitrogens with zero attached hydrogens (tertiary/aromatic N) is 5. The number of H-pyrrole nitrogens is 2. The number of nitrogens with one attached hydrogen (secondary N) is 4. The van der Waals surface area contributed by atoms with Crippen molar-refractivity contribution in [3.8, 4) is 0 Å². The number of aromatic nitrogens is 4. The van der Waals surface area contributed by atoms with Crippen LogP contribution in [0.15, 0.2) is 144 Å². The molecular weight excluding hydrogens is 1240 g/mol. The number of carbonyl (C=O) groups is 5. The first-order chi connectivity index (χ1) is 46.1. The lowest BCUT2D eigenvalue weighted by molar-refractivity contribution is -0.193. The van der Waals surface area contributed by atoms with Gasteiger partial charge in [0, 0.05) is 109 Å². The highest BCUT2D eigenvalue weighted by Crippen LogP contribution is 2.49. The third kappa shape index (κ3) is 13.9. The molecule has 11 rings (SSSR count). The van der Waals surface area contributed by atoms with Crippen molar-refractivity contribution in [3.05, 3.63) is 180 Å². The zero-order valence-electron chi connectivity index (χ0n) is 56.3. The molecular formula is C74H87N9O14. The molecule has 0 radical (unpaired) electrons. The molecule has 16 bridgehead atoms. The fourth-order valence-electron chi connectivity index (χ4n) is 14.1. The third-order valence-electron chi connectivity index (χ3n) is 19.3. The van der Waals surface area contributed by atoms with E-state index in [2.05, 4.69) is 100 Å². The molecule has 3 aromatic heterocycles. The van der Waals surface area contributed by atoms with Crippen molar-refractivity contribution in [2.24, 2.45) is 32.7 Å². The highest BCUT2D eigenvalue weighted by Gasteiger charge is 2.45. The zero-order chi connectivity index (χ0) is 71.3. The van der Waals surface area contributed by atoms with Crippen LogP contribution in [0.1, 0.15) is 176 Å². The Bertz CT molecular complexity index is 4620. The molecule has 1 amide bonds. The Morgan fingerprint density at radius 1 is 0.701 bits per heavy atom. The Hall–Kier alpha value is -11.0. The largest absolute Gasteiger partial charge is 0.511 e. The lowest BCUT2D eigenvalue weighted by Gasteiger charge is -2.19. The molecule has 0 saturated carbocycles. The zero-order valence-corrected chi connectivity index (χ0v) is 56.3. The molecule has 23 heteroatoms. The van der Waals surface area contributed by atoms with Gasteiger partial charge in [0.2, 0.25) is 5.91 Å². The van der Waals surface area contributed by atoms with E-state index in [4.69, 9.17) is 44.1 Å². The fourth-order valence-corrected chi connectivity index (χ4v) is 14.1. The topological polar surface area (TPSA) is 373 Å². The van der Waals surface area contributed by atoms with Crippen molar-refractivity contribution < 1.29 is 74.4 Å². The summed E-state index contributed by atoms with van der Waals surface area (Å²) in [6.07, 6.45) is 12.6. The predicted molar refractivity (Wildman–Crippen MR) is 374 cm³/mol. The Morgan fingerprint density at radius 2 is 1.35 bits per heavy atom. The van der Waals surface area contributed by atoms with Crippen LogP contribution in [0.25, 0.3) is 39.3 Å². The number of aliphatic hydroxyl groups is 1. The molecule has 1 aliphatic carbocycles. The quantitative estimate of drug-likeness (QED) is 0.0643. The van der Waals surface area contributed by atoms with Crippen LogP contribution in [-0.2, 0) is 56.0 Å². The number of aromatic amines is 2. The summed E-state index contributed by atoms with van der Waals surface area (Å²) in [7, 11) is 0. The van der Waals surface area contributed by atoms with Crippen LogP contribution in [0.4, 0.5) is 0 Å².